The second kappa shape index (κ2) is 10.9. The van der Waals surface area contributed by atoms with Gasteiger partial charge in [0.25, 0.3) is 5.91 Å². The average Bonchev–Trinajstić information content (AvgIpc) is 3.00. The molecule has 0 radical (unpaired) electrons. The lowest BCUT2D eigenvalue weighted by molar-refractivity contribution is 0.0953. The Labute approximate surface area is 153 Å². The van der Waals surface area contributed by atoms with Gasteiger partial charge in [0, 0.05) is 20.1 Å². The standard InChI is InChI=1S/C16H20FN3O2.2ClH/c1-20(15-6-3-2-5-14(15)17)8-4-7-19-16(21)12-9-13(10-18)22-11-12;;/h2-3,5-6,9,11H,4,7-8,10,18H2,1H3,(H,19,21);2*1H. The number of benzene rings is 1. The Morgan fingerprint density at radius 1 is 1.33 bits per heavy atom. The van der Waals surface area contributed by atoms with Gasteiger partial charge in [-0.2, -0.15) is 0 Å². The smallest absolute Gasteiger partial charge is 0.254 e. The van der Waals surface area contributed by atoms with Crippen molar-refractivity contribution < 1.29 is 13.6 Å². The molecule has 0 unspecified atom stereocenters. The van der Waals surface area contributed by atoms with Crippen molar-refractivity contribution in [2.45, 2.75) is 13.0 Å². The Kier molecular flexibility index (Phi) is 10.1. The summed E-state index contributed by atoms with van der Waals surface area (Å²) in [6.07, 6.45) is 2.10. The Hall–Kier alpha value is -1.76. The Morgan fingerprint density at radius 3 is 2.67 bits per heavy atom. The minimum atomic E-state index is -0.248. The van der Waals surface area contributed by atoms with Gasteiger partial charge in [-0.25, -0.2) is 4.39 Å². The van der Waals surface area contributed by atoms with Crippen LogP contribution in [0.3, 0.4) is 0 Å². The number of rotatable bonds is 7. The summed E-state index contributed by atoms with van der Waals surface area (Å²) in [4.78, 5) is 13.7. The largest absolute Gasteiger partial charge is 0.467 e. The lowest BCUT2D eigenvalue weighted by Gasteiger charge is -2.19. The quantitative estimate of drug-likeness (QED) is 0.727. The van der Waals surface area contributed by atoms with Crippen LogP contribution in [0.5, 0.6) is 0 Å². The zero-order chi connectivity index (χ0) is 15.9. The first-order chi connectivity index (χ1) is 10.6. The maximum atomic E-state index is 13.6. The van der Waals surface area contributed by atoms with E-state index in [4.69, 9.17) is 10.2 Å². The van der Waals surface area contributed by atoms with Gasteiger partial charge in [0.1, 0.15) is 17.8 Å². The molecule has 0 fully saturated rings. The van der Waals surface area contributed by atoms with Crippen LogP contribution < -0.4 is 16.0 Å². The monoisotopic (exact) mass is 377 g/mol. The molecule has 3 N–H and O–H groups in total. The molecule has 0 aliphatic heterocycles. The van der Waals surface area contributed by atoms with Gasteiger partial charge in [0.15, 0.2) is 0 Å². The van der Waals surface area contributed by atoms with Crippen molar-refractivity contribution >= 4 is 36.4 Å². The van der Waals surface area contributed by atoms with Crippen LogP contribution in [0.1, 0.15) is 22.5 Å². The first-order valence-electron chi connectivity index (χ1n) is 7.13. The highest BCUT2D eigenvalue weighted by Gasteiger charge is 2.10. The number of hydrogen-bond donors (Lipinski definition) is 2. The summed E-state index contributed by atoms with van der Waals surface area (Å²) in [6, 6.07) is 8.24. The van der Waals surface area contributed by atoms with Gasteiger partial charge in [-0.1, -0.05) is 12.1 Å². The Morgan fingerprint density at radius 2 is 2.04 bits per heavy atom. The van der Waals surface area contributed by atoms with Crippen LogP contribution in [-0.2, 0) is 6.54 Å². The minimum Gasteiger partial charge on any atom is -0.467 e. The molecule has 0 saturated carbocycles. The maximum absolute atomic E-state index is 13.6. The van der Waals surface area contributed by atoms with E-state index < -0.39 is 0 Å². The van der Waals surface area contributed by atoms with Crippen LogP contribution in [0.4, 0.5) is 10.1 Å². The normalized spacial score (nSPS) is 9.62. The average molecular weight is 378 g/mol. The third kappa shape index (κ3) is 6.03. The molecule has 0 atom stereocenters. The third-order valence-electron chi connectivity index (χ3n) is 3.34. The van der Waals surface area contributed by atoms with Gasteiger partial charge in [0.2, 0.25) is 0 Å². The number of nitrogens with zero attached hydrogens (tertiary/aromatic N) is 1. The molecule has 1 aromatic carbocycles. The van der Waals surface area contributed by atoms with E-state index in [-0.39, 0.29) is 43.1 Å². The van der Waals surface area contributed by atoms with Crippen molar-refractivity contribution in [3.8, 4) is 0 Å². The predicted octanol–water partition coefficient (Wildman–Crippen LogP) is 2.98. The van der Waals surface area contributed by atoms with Crippen LogP contribution in [-0.4, -0.2) is 26.0 Å². The topological polar surface area (TPSA) is 71.5 Å². The number of anilines is 1. The lowest BCUT2D eigenvalue weighted by Crippen LogP contribution is -2.28. The fourth-order valence-corrected chi connectivity index (χ4v) is 2.11. The van der Waals surface area contributed by atoms with E-state index in [0.29, 0.717) is 36.5 Å². The van der Waals surface area contributed by atoms with Gasteiger partial charge in [-0.05, 0) is 24.6 Å². The van der Waals surface area contributed by atoms with Gasteiger partial charge < -0.3 is 20.4 Å². The van der Waals surface area contributed by atoms with Gasteiger partial charge in [-0.15, -0.1) is 24.8 Å². The number of carbonyl (C=O) groups is 1. The molecule has 2 aromatic rings. The van der Waals surface area contributed by atoms with Crippen molar-refractivity contribution in [2.75, 3.05) is 25.0 Å². The van der Waals surface area contributed by atoms with E-state index in [1.54, 1.807) is 24.3 Å². The SMILES string of the molecule is CN(CCCNC(=O)c1coc(CN)c1)c1ccccc1F.Cl.Cl. The number of furan rings is 1. The molecule has 1 aromatic heterocycles. The Bertz CT molecular complexity index is 637. The van der Waals surface area contributed by atoms with Crippen molar-refractivity contribution in [1.29, 1.82) is 0 Å². The molecule has 5 nitrogen and oxygen atoms in total. The van der Waals surface area contributed by atoms with Crippen LogP contribution in [0.15, 0.2) is 41.0 Å². The minimum absolute atomic E-state index is 0. The molecule has 2 rings (SSSR count). The molecule has 0 spiro atoms. The first-order valence-corrected chi connectivity index (χ1v) is 7.13. The molecule has 0 bridgehead atoms. The van der Waals surface area contributed by atoms with Gasteiger partial charge in [-0.3, -0.25) is 4.79 Å². The van der Waals surface area contributed by atoms with E-state index in [1.807, 2.05) is 11.9 Å². The third-order valence-corrected chi connectivity index (χ3v) is 3.34. The number of amides is 1. The number of nitrogens with one attached hydrogen (secondary N) is 1. The highest BCUT2D eigenvalue weighted by molar-refractivity contribution is 5.93. The molecule has 24 heavy (non-hydrogen) atoms. The summed E-state index contributed by atoms with van der Waals surface area (Å²) in [7, 11) is 1.82. The molecule has 1 amide bonds. The fourth-order valence-electron chi connectivity index (χ4n) is 2.11. The van der Waals surface area contributed by atoms with Crippen molar-refractivity contribution in [3.63, 3.8) is 0 Å². The lowest BCUT2D eigenvalue weighted by atomic mass is 10.2. The van der Waals surface area contributed by atoms with Crippen LogP contribution >= 0.6 is 24.8 Å². The summed E-state index contributed by atoms with van der Waals surface area (Å²) in [5.74, 6) is 0.128. The molecule has 8 heteroatoms. The van der Waals surface area contributed by atoms with E-state index in [2.05, 4.69) is 5.32 Å². The van der Waals surface area contributed by atoms with Crippen LogP contribution in [0.2, 0.25) is 0 Å². The fraction of sp³-hybridized carbons (Fsp3) is 0.312. The van der Waals surface area contributed by atoms with Crippen molar-refractivity contribution in [1.82, 2.24) is 5.32 Å². The summed E-state index contributed by atoms with van der Waals surface area (Å²) in [5, 5.41) is 2.80. The first kappa shape index (κ1) is 22.2. The zero-order valence-corrected chi connectivity index (χ0v) is 15.0. The number of para-hydroxylation sites is 1. The van der Waals surface area contributed by atoms with Crippen molar-refractivity contribution in [2.24, 2.45) is 5.73 Å². The number of halogens is 3. The molecule has 134 valence electrons. The van der Waals surface area contributed by atoms with Gasteiger partial charge >= 0.3 is 0 Å². The number of hydrogen-bond acceptors (Lipinski definition) is 4. The van der Waals surface area contributed by atoms with Crippen LogP contribution in [0, 0.1) is 5.82 Å². The maximum Gasteiger partial charge on any atom is 0.254 e. The van der Waals surface area contributed by atoms with Gasteiger partial charge in [0.05, 0.1) is 17.8 Å². The van der Waals surface area contributed by atoms with E-state index in [9.17, 15) is 9.18 Å². The second-order valence-corrected chi connectivity index (χ2v) is 4.99. The summed E-state index contributed by atoms with van der Waals surface area (Å²) < 4.78 is 18.7. The molecular formula is C16H22Cl2FN3O2. The summed E-state index contributed by atoms with van der Waals surface area (Å²) >= 11 is 0. The molecule has 0 aliphatic rings. The molecular weight excluding hydrogens is 356 g/mol. The summed E-state index contributed by atoms with van der Waals surface area (Å²) in [6.45, 7) is 1.40. The number of carbonyl (C=O) groups excluding carboxylic acids is 1. The Balaban J connectivity index is 0.00000264. The molecule has 0 aliphatic carbocycles. The summed E-state index contributed by atoms with van der Waals surface area (Å²) in [5.41, 5.74) is 6.44. The highest BCUT2D eigenvalue weighted by Crippen LogP contribution is 2.16. The molecule has 0 saturated heterocycles. The van der Waals surface area contributed by atoms with E-state index in [0.717, 1.165) is 0 Å². The highest BCUT2D eigenvalue weighted by atomic mass is 35.5. The number of nitrogens with two attached hydrogens (primary N) is 1. The second-order valence-electron chi connectivity index (χ2n) is 4.99. The van der Waals surface area contributed by atoms with E-state index >= 15 is 0 Å². The predicted molar refractivity (Wildman–Crippen MR) is 97.7 cm³/mol. The molecule has 1 heterocycles. The zero-order valence-electron chi connectivity index (χ0n) is 13.3. The van der Waals surface area contributed by atoms with Crippen LogP contribution in [0.25, 0.3) is 0 Å². The van der Waals surface area contributed by atoms with Crippen molar-refractivity contribution in [3.05, 3.63) is 53.7 Å². The van der Waals surface area contributed by atoms with E-state index in [1.165, 1.54) is 12.3 Å².